The molecule has 0 radical (unpaired) electrons. The van der Waals surface area contributed by atoms with E-state index in [1.807, 2.05) is 29.7 Å². The summed E-state index contributed by atoms with van der Waals surface area (Å²) in [4.78, 5) is 0. The Kier molecular flexibility index (Phi) is 4.10. The number of rotatable bonds is 5. The molecule has 4 nitrogen and oxygen atoms in total. The van der Waals surface area contributed by atoms with E-state index < -0.39 is 0 Å². The topological polar surface area (TPSA) is 42.7 Å². The summed E-state index contributed by atoms with van der Waals surface area (Å²) in [5, 5.41) is 11.0. The van der Waals surface area contributed by atoms with E-state index in [-0.39, 0.29) is 0 Å². The lowest BCUT2D eigenvalue weighted by molar-refractivity contribution is 0.632. The maximum atomic E-state index is 4.00. The average molecular weight is 186 g/mol. The molecule has 0 saturated carbocycles. The molecule has 1 N–H and O–H groups in total. The van der Waals surface area contributed by atoms with Gasteiger partial charge in [0.25, 0.3) is 0 Å². The van der Waals surface area contributed by atoms with Crippen LogP contribution in [0.2, 0.25) is 0 Å². The second kappa shape index (κ2) is 5.16. The summed E-state index contributed by atoms with van der Waals surface area (Å²) in [6.45, 7) is 1.73. The van der Waals surface area contributed by atoms with E-state index >= 15 is 0 Å². The van der Waals surface area contributed by atoms with Crippen LogP contribution in [0.25, 0.3) is 0 Å². The summed E-state index contributed by atoms with van der Waals surface area (Å²) in [7, 11) is 1.90. The second-order valence-corrected chi connectivity index (χ2v) is 3.48. The fraction of sp³-hybridized carbons (Fsp3) is 0.714. The maximum absolute atomic E-state index is 4.00. The average Bonchev–Trinajstić information content (AvgIpc) is 2.50. The van der Waals surface area contributed by atoms with Crippen LogP contribution in [0, 0.1) is 0 Å². The van der Waals surface area contributed by atoms with Gasteiger partial charge in [-0.1, -0.05) is 5.21 Å². The molecule has 1 heterocycles. The van der Waals surface area contributed by atoms with Gasteiger partial charge in [-0.05, 0) is 13.3 Å². The Hall–Kier alpha value is -0.550. The Morgan fingerprint density at radius 2 is 2.50 bits per heavy atom. The molecular weight excluding hydrogens is 172 g/mol. The lowest BCUT2D eigenvalue weighted by Crippen LogP contribution is -2.05. The molecule has 0 aliphatic rings. The van der Waals surface area contributed by atoms with Crippen molar-refractivity contribution in [2.24, 2.45) is 0 Å². The molecule has 0 aliphatic heterocycles. The van der Waals surface area contributed by atoms with E-state index in [2.05, 4.69) is 21.9 Å². The first-order valence-electron chi connectivity index (χ1n) is 3.89. The molecule has 12 heavy (non-hydrogen) atoms. The highest BCUT2D eigenvalue weighted by Crippen LogP contribution is 1.96. The van der Waals surface area contributed by atoms with Crippen LogP contribution < -0.4 is 5.32 Å². The van der Waals surface area contributed by atoms with Crippen LogP contribution >= 0.6 is 11.8 Å². The summed E-state index contributed by atoms with van der Waals surface area (Å²) in [5.74, 6) is 1.09. The third kappa shape index (κ3) is 2.83. The number of nitrogens with zero attached hydrogens (tertiary/aromatic N) is 3. The van der Waals surface area contributed by atoms with Crippen LogP contribution in [-0.2, 0) is 13.1 Å². The molecule has 0 aromatic carbocycles. The number of thioether (sulfide) groups is 1. The number of nitrogens with one attached hydrogen (secondary N) is 1. The molecule has 0 aliphatic carbocycles. The highest BCUT2D eigenvalue weighted by Gasteiger charge is 1.97. The van der Waals surface area contributed by atoms with Crippen molar-refractivity contribution in [3.8, 4) is 0 Å². The lowest BCUT2D eigenvalue weighted by Gasteiger charge is -1.95. The summed E-state index contributed by atoms with van der Waals surface area (Å²) >= 11 is 1.81. The van der Waals surface area contributed by atoms with Gasteiger partial charge < -0.3 is 5.32 Å². The Labute approximate surface area is 76.7 Å². The van der Waals surface area contributed by atoms with Crippen LogP contribution in [0.1, 0.15) is 5.69 Å². The first kappa shape index (κ1) is 9.54. The minimum Gasteiger partial charge on any atom is -0.314 e. The minimum absolute atomic E-state index is 0.791. The van der Waals surface area contributed by atoms with Gasteiger partial charge in [0.1, 0.15) is 0 Å². The Morgan fingerprint density at radius 1 is 1.67 bits per heavy atom. The molecule has 0 unspecified atom stereocenters. The van der Waals surface area contributed by atoms with E-state index in [0.29, 0.717) is 0 Å². The maximum Gasteiger partial charge on any atom is 0.0964 e. The minimum atomic E-state index is 0.791. The number of aromatic nitrogens is 3. The van der Waals surface area contributed by atoms with Crippen LogP contribution in [0.5, 0.6) is 0 Å². The van der Waals surface area contributed by atoms with Gasteiger partial charge in [0.15, 0.2) is 0 Å². The highest BCUT2D eigenvalue weighted by atomic mass is 32.2. The van der Waals surface area contributed by atoms with Crippen molar-refractivity contribution in [3.05, 3.63) is 11.9 Å². The summed E-state index contributed by atoms with van der Waals surface area (Å²) in [6.07, 6.45) is 4.07. The SMILES string of the molecule is CNCc1cn(CCSC)nn1. The van der Waals surface area contributed by atoms with Gasteiger partial charge in [-0.15, -0.1) is 5.10 Å². The largest absolute Gasteiger partial charge is 0.314 e. The molecule has 1 rings (SSSR count). The molecule has 68 valence electrons. The standard InChI is InChI=1S/C7H14N4S/c1-8-5-7-6-11(10-9-7)3-4-12-2/h6,8H,3-5H2,1-2H3. The van der Waals surface area contributed by atoms with E-state index in [0.717, 1.165) is 24.5 Å². The van der Waals surface area contributed by atoms with Gasteiger partial charge in [-0.2, -0.15) is 11.8 Å². The summed E-state index contributed by atoms with van der Waals surface area (Å²) in [5.41, 5.74) is 0.999. The van der Waals surface area contributed by atoms with Gasteiger partial charge in [0, 0.05) is 18.5 Å². The van der Waals surface area contributed by atoms with Crippen molar-refractivity contribution in [2.45, 2.75) is 13.1 Å². The van der Waals surface area contributed by atoms with Crippen molar-refractivity contribution in [1.82, 2.24) is 20.3 Å². The zero-order chi connectivity index (χ0) is 8.81. The monoisotopic (exact) mass is 186 g/mol. The van der Waals surface area contributed by atoms with Crippen molar-refractivity contribution in [2.75, 3.05) is 19.1 Å². The first-order chi connectivity index (χ1) is 5.86. The summed E-state index contributed by atoms with van der Waals surface area (Å²) < 4.78 is 1.88. The Bertz CT molecular complexity index is 223. The Morgan fingerprint density at radius 3 is 3.17 bits per heavy atom. The molecule has 0 bridgehead atoms. The first-order valence-corrected chi connectivity index (χ1v) is 5.28. The second-order valence-electron chi connectivity index (χ2n) is 2.50. The molecule has 0 amide bonds. The van der Waals surface area contributed by atoms with Gasteiger partial charge in [0.05, 0.1) is 12.2 Å². The highest BCUT2D eigenvalue weighted by molar-refractivity contribution is 7.98. The van der Waals surface area contributed by atoms with E-state index in [1.54, 1.807) is 0 Å². The molecule has 0 fully saturated rings. The molecule has 0 saturated heterocycles. The number of hydrogen-bond acceptors (Lipinski definition) is 4. The van der Waals surface area contributed by atoms with Crippen LogP contribution in [0.3, 0.4) is 0 Å². The molecule has 0 spiro atoms. The van der Waals surface area contributed by atoms with Crippen molar-refractivity contribution in [3.63, 3.8) is 0 Å². The smallest absolute Gasteiger partial charge is 0.0964 e. The fourth-order valence-electron chi connectivity index (χ4n) is 0.895. The van der Waals surface area contributed by atoms with E-state index in [1.165, 1.54) is 0 Å². The quantitative estimate of drug-likeness (QED) is 0.721. The van der Waals surface area contributed by atoms with Crippen molar-refractivity contribution in [1.29, 1.82) is 0 Å². The zero-order valence-corrected chi connectivity index (χ0v) is 8.27. The number of aryl methyl sites for hydroxylation is 1. The van der Waals surface area contributed by atoms with Gasteiger partial charge in [-0.25, -0.2) is 0 Å². The van der Waals surface area contributed by atoms with Crippen molar-refractivity contribution < 1.29 is 0 Å². The molecular formula is C7H14N4S. The van der Waals surface area contributed by atoms with Crippen LogP contribution in [-0.4, -0.2) is 34.1 Å². The van der Waals surface area contributed by atoms with Crippen molar-refractivity contribution >= 4 is 11.8 Å². The third-order valence-corrected chi connectivity index (χ3v) is 2.06. The summed E-state index contributed by atoms with van der Waals surface area (Å²) in [6, 6.07) is 0. The predicted molar refractivity (Wildman–Crippen MR) is 51.2 cm³/mol. The third-order valence-electron chi connectivity index (χ3n) is 1.47. The fourth-order valence-corrected chi connectivity index (χ4v) is 1.26. The van der Waals surface area contributed by atoms with E-state index in [9.17, 15) is 0 Å². The Balaban J connectivity index is 2.41. The molecule has 0 atom stereocenters. The predicted octanol–water partition coefficient (Wildman–Crippen LogP) is 0.360. The molecule has 1 aromatic rings. The normalized spacial score (nSPS) is 10.5. The van der Waals surface area contributed by atoms with Crippen LogP contribution in [0.15, 0.2) is 6.20 Å². The zero-order valence-electron chi connectivity index (χ0n) is 7.45. The van der Waals surface area contributed by atoms with Crippen LogP contribution in [0.4, 0.5) is 0 Å². The van der Waals surface area contributed by atoms with Gasteiger partial charge >= 0.3 is 0 Å². The van der Waals surface area contributed by atoms with Gasteiger partial charge in [-0.3, -0.25) is 4.68 Å². The van der Waals surface area contributed by atoms with Gasteiger partial charge in [0.2, 0.25) is 0 Å². The number of hydrogen-bond donors (Lipinski definition) is 1. The lowest BCUT2D eigenvalue weighted by atomic mass is 10.5. The molecule has 5 heteroatoms. The molecule has 1 aromatic heterocycles. The van der Waals surface area contributed by atoms with E-state index in [4.69, 9.17) is 0 Å².